The third-order valence-corrected chi connectivity index (χ3v) is 3.71. The van der Waals surface area contributed by atoms with E-state index in [0.29, 0.717) is 18.1 Å². The van der Waals surface area contributed by atoms with Gasteiger partial charge in [-0.25, -0.2) is 0 Å². The summed E-state index contributed by atoms with van der Waals surface area (Å²) in [6.45, 7) is 13.8. The Bertz CT molecular complexity index is 230. The Hall–Kier alpha value is -0.120. The second-order valence-corrected chi connectivity index (χ2v) is 6.19. The third kappa shape index (κ3) is 4.23. The van der Waals surface area contributed by atoms with Gasteiger partial charge in [-0.15, -0.1) is 0 Å². The van der Waals surface area contributed by atoms with Crippen molar-refractivity contribution in [1.29, 1.82) is 0 Å². The standard InChI is InChI=1S/C14H30N2O/c1-6-7-11(2)13(8-15)16-9-12(3)17-14(4,5)10-16/h11-13H,6-10,15H2,1-5H3. The molecule has 102 valence electrons. The van der Waals surface area contributed by atoms with Crippen molar-refractivity contribution >= 4 is 0 Å². The maximum Gasteiger partial charge on any atom is 0.0757 e. The lowest BCUT2D eigenvalue weighted by atomic mass is 9.93. The molecule has 0 aliphatic carbocycles. The number of morpholine rings is 1. The average Bonchev–Trinajstić information content (AvgIpc) is 2.15. The maximum absolute atomic E-state index is 5.99. The van der Waals surface area contributed by atoms with Crippen molar-refractivity contribution in [3.63, 3.8) is 0 Å². The van der Waals surface area contributed by atoms with Crippen LogP contribution in [-0.4, -0.2) is 42.3 Å². The van der Waals surface area contributed by atoms with Crippen LogP contribution in [0, 0.1) is 5.92 Å². The zero-order valence-corrected chi connectivity index (χ0v) is 12.2. The normalized spacial score (nSPS) is 28.9. The first-order chi connectivity index (χ1) is 7.89. The topological polar surface area (TPSA) is 38.5 Å². The minimum absolute atomic E-state index is 0.0446. The lowest BCUT2D eigenvalue weighted by Gasteiger charge is -2.46. The van der Waals surface area contributed by atoms with Crippen LogP contribution in [0.1, 0.15) is 47.5 Å². The van der Waals surface area contributed by atoms with Gasteiger partial charge in [0.25, 0.3) is 0 Å². The van der Waals surface area contributed by atoms with Crippen LogP contribution < -0.4 is 5.73 Å². The fourth-order valence-corrected chi connectivity index (χ4v) is 3.14. The summed E-state index contributed by atoms with van der Waals surface area (Å²) in [6, 6.07) is 0.501. The fraction of sp³-hybridized carbons (Fsp3) is 1.00. The number of hydrogen-bond acceptors (Lipinski definition) is 3. The second kappa shape index (κ2) is 6.17. The third-order valence-electron chi connectivity index (χ3n) is 3.71. The van der Waals surface area contributed by atoms with E-state index in [1.165, 1.54) is 12.8 Å². The van der Waals surface area contributed by atoms with Gasteiger partial charge in [0.2, 0.25) is 0 Å². The lowest BCUT2D eigenvalue weighted by Crippen LogP contribution is -2.58. The van der Waals surface area contributed by atoms with E-state index in [0.717, 1.165) is 19.6 Å². The van der Waals surface area contributed by atoms with Crippen LogP contribution in [0.2, 0.25) is 0 Å². The van der Waals surface area contributed by atoms with E-state index in [2.05, 4.69) is 39.5 Å². The summed E-state index contributed by atoms with van der Waals surface area (Å²) >= 11 is 0. The molecule has 3 unspecified atom stereocenters. The largest absolute Gasteiger partial charge is 0.370 e. The molecule has 3 atom stereocenters. The summed E-state index contributed by atoms with van der Waals surface area (Å²) in [5, 5.41) is 0. The van der Waals surface area contributed by atoms with E-state index in [9.17, 15) is 0 Å². The smallest absolute Gasteiger partial charge is 0.0757 e. The Morgan fingerprint density at radius 2 is 2.12 bits per heavy atom. The molecule has 2 N–H and O–H groups in total. The number of nitrogens with two attached hydrogens (primary N) is 1. The van der Waals surface area contributed by atoms with Crippen molar-refractivity contribution in [2.24, 2.45) is 11.7 Å². The van der Waals surface area contributed by atoms with E-state index >= 15 is 0 Å². The molecule has 0 saturated carbocycles. The number of hydrogen-bond donors (Lipinski definition) is 1. The van der Waals surface area contributed by atoms with Gasteiger partial charge in [0.05, 0.1) is 11.7 Å². The highest BCUT2D eigenvalue weighted by atomic mass is 16.5. The Morgan fingerprint density at radius 3 is 2.59 bits per heavy atom. The highest BCUT2D eigenvalue weighted by Crippen LogP contribution is 2.25. The van der Waals surface area contributed by atoms with Crippen molar-refractivity contribution in [1.82, 2.24) is 4.90 Å². The monoisotopic (exact) mass is 242 g/mol. The summed E-state index contributed by atoms with van der Waals surface area (Å²) in [5.74, 6) is 0.672. The van der Waals surface area contributed by atoms with Crippen LogP contribution in [0.15, 0.2) is 0 Å². The average molecular weight is 242 g/mol. The van der Waals surface area contributed by atoms with E-state index in [1.54, 1.807) is 0 Å². The van der Waals surface area contributed by atoms with Crippen LogP contribution in [0.4, 0.5) is 0 Å². The highest BCUT2D eigenvalue weighted by molar-refractivity contribution is 4.88. The molecule has 3 nitrogen and oxygen atoms in total. The second-order valence-electron chi connectivity index (χ2n) is 6.19. The zero-order valence-electron chi connectivity index (χ0n) is 12.2. The van der Waals surface area contributed by atoms with Crippen LogP contribution >= 0.6 is 0 Å². The van der Waals surface area contributed by atoms with Crippen molar-refractivity contribution in [2.75, 3.05) is 19.6 Å². The molecular formula is C14H30N2O. The zero-order chi connectivity index (χ0) is 13.1. The Balaban J connectivity index is 2.67. The van der Waals surface area contributed by atoms with E-state index in [4.69, 9.17) is 10.5 Å². The molecule has 1 fully saturated rings. The first kappa shape index (κ1) is 14.9. The fourth-order valence-electron chi connectivity index (χ4n) is 3.14. The van der Waals surface area contributed by atoms with Gasteiger partial charge >= 0.3 is 0 Å². The molecule has 3 heteroatoms. The molecule has 1 aliphatic heterocycles. The summed E-state index contributed by atoms with van der Waals surface area (Å²) in [5.41, 5.74) is 5.94. The van der Waals surface area contributed by atoms with Gasteiger partial charge in [0.15, 0.2) is 0 Å². The molecule has 0 radical (unpaired) electrons. The molecule has 0 aromatic heterocycles. The number of nitrogens with zero attached hydrogens (tertiary/aromatic N) is 1. The molecule has 1 heterocycles. The van der Waals surface area contributed by atoms with Crippen molar-refractivity contribution in [3.8, 4) is 0 Å². The van der Waals surface area contributed by atoms with Gasteiger partial charge < -0.3 is 10.5 Å². The van der Waals surface area contributed by atoms with Gasteiger partial charge in [-0.3, -0.25) is 4.90 Å². The van der Waals surface area contributed by atoms with Crippen LogP contribution in [0.5, 0.6) is 0 Å². The quantitative estimate of drug-likeness (QED) is 0.803. The molecule has 1 rings (SSSR count). The number of rotatable bonds is 5. The SMILES string of the molecule is CCCC(C)C(CN)N1CC(C)OC(C)(C)C1. The van der Waals surface area contributed by atoms with Crippen molar-refractivity contribution in [3.05, 3.63) is 0 Å². The molecule has 0 aromatic rings. The van der Waals surface area contributed by atoms with Crippen LogP contribution in [-0.2, 0) is 4.74 Å². The van der Waals surface area contributed by atoms with E-state index < -0.39 is 0 Å². The van der Waals surface area contributed by atoms with Crippen LogP contribution in [0.3, 0.4) is 0 Å². The number of ether oxygens (including phenoxy) is 1. The first-order valence-electron chi connectivity index (χ1n) is 7.01. The summed E-state index contributed by atoms with van der Waals surface area (Å²) < 4.78 is 5.96. The minimum atomic E-state index is -0.0446. The molecule has 17 heavy (non-hydrogen) atoms. The lowest BCUT2D eigenvalue weighted by molar-refractivity contribution is -0.141. The summed E-state index contributed by atoms with van der Waals surface area (Å²) in [4.78, 5) is 2.54. The Labute approximate surface area is 107 Å². The predicted octanol–water partition coefficient (Wildman–Crippen LogP) is 2.25. The highest BCUT2D eigenvalue weighted by Gasteiger charge is 2.35. The summed E-state index contributed by atoms with van der Waals surface area (Å²) in [7, 11) is 0. The molecule has 1 saturated heterocycles. The predicted molar refractivity (Wildman–Crippen MR) is 73.1 cm³/mol. The Morgan fingerprint density at radius 1 is 1.47 bits per heavy atom. The minimum Gasteiger partial charge on any atom is -0.370 e. The van der Waals surface area contributed by atoms with Gasteiger partial charge in [-0.1, -0.05) is 20.3 Å². The maximum atomic E-state index is 5.99. The van der Waals surface area contributed by atoms with Crippen molar-refractivity contribution < 1.29 is 4.74 Å². The molecule has 0 aromatic carbocycles. The molecular weight excluding hydrogens is 212 g/mol. The molecule has 0 bridgehead atoms. The van der Waals surface area contributed by atoms with Crippen LogP contribution in [0.25, 0.3) is 0 Å². The van der Waals surface area contributed by atoms with Gasteiger partial charge in [0.1, 0.15) is 0 Å². The first-order valence-corrected chi connectivity index (χ1v) is 7.01. The van der Waals surface area contributed by atoms with Gasteiger partial charge in [-0.2, -0.15) is 0 Å². The van der Waals surface area contributed by atoms with E-state index in [1.807, 2.05) is 0 Å². The molecule has 0 spiro atoms. The summed E-state index contributed by atoms with van der Waals surface area (Å²) in [6.07, 6.45) is 2.80. The molecule has 1 aliphatic rings. The van der Waals surface area contributed by atoms with Crippen molar-refractivity contribution in [2.45, 2.75) is 65.2 Å². The van der Waals surface area contributed by atoms with Gasteiger partial charge in [0, 0.05) is 25.7 Å². The molecule has 0 amide bonds. The van der Waals surface area contributed by atoms with E-state index in [-0.39, 0.29) is 5.60 Å². The Kier molecular flexibility index (Phi) is 5.42. The van der Waals surface area contributed by atoms with Gasteiger partial charge in [-0.05, 0) is 33.1 Å².